The molecule has 19 nitrogen and oxygen atoms in total. The minimum absolute atomic E-state index is 0.0411. The van der Waals surface area contributed by atoms with Gasteiger partial charge in [-0.1, -0.05) is 60.7 Å². The summed E-state index contributed by atoms with van der Waals surface area (Å²) in [6.45, 7) is 13.4. The topological polar surface area (TPSA) is 233 Å². The number of H-pyrrole nitrogens is 1. The van der Waals surface area contributed by atoms with E-state index in [9.17, 15) is 22.8 Å². The van der Waals surface area contributed by atoms with Crippen molar-refractivity contribution < 1.29 is 27.5 Å². The maximum atomic E-state index is 14.7. The highest BCUT2D eigenvalue weighted by Gasteiger charge is 2.46. The van der Waals surface area contributed by atoms with Crippen molar-refractivity contribution in [3.63, 3.8) is 0 Å². The fraction of sp³-hybridized carbons (Fsp3) is 0.455. The first-order chi connectivity index (χ1) is 36.0. The molecule has 6 aromatic rings. The summed E-state index contributed by atoms with van der Waals surface area (Å²) in [5.41, 5.74) is 4.43. The van der Waals surface area contributed by atoms with E-state index < -0.39 is 32.7 Å². The van der Waals surface area contributed by atoms with Gasteiger partial charge in [-0.3, -0.25) is 19.5 Å². The summed E-state index contributed by atoms with van der Waals surface area (Å²) in [7, 11) is -2.01. The van der Waals surface area contributed by atoms with Crippen molar-refractivity contribution in [1.29, 1.82) is 0 Å². The van der Waals surface area contributed by atoms with Crippen molar-refractivity contribution in [1.82, 2.24) is 55.9 Å². The Morgan fingerprint density at radius 2 is 1.57 bits per heavy atom. The van der Waals surface area contributed by atoms with Crippen LogP contribution in [0.5, 0.6) is 5.75 Å². The number of aromatic nitrogens is 6. The highest BCUT2D eigenvalue weighted by atomic mass is 32.2. The maximum absolute atomic E-state index is 14.7. The quantitative estimate of drug-likeness (QED) is 0.0743. The molecule has 5 N–H and O–H groups in total. The number of aryl methyl sites for hydroxylation is 1. The van der Waals surface area contributed by atoms with Gasteiger partial charge in [0.05, 0.1) is 35.3 Å². The van der Waals surface area contributed by atoms with Gasteiger partial charge < -0.3 is 40.7 Å². The predicted octanol–water partition coefficient (Wildman–Crippen LogP) is 6.05. The number of piperidine rings is 1. The Morgan fingerprint density at radius 3 is 2.20 bits per heavy atom. The monoisotopic (exact) mass is 1040 g/mol. The van der Waals surface area contributed by atoms with Crippen LogP contribution >= 0.6 is 0 Å². The second-order valence-electron chi connectivity index (χ2n) is 21.0. The van der Waals surface area contributed by atoms with E-state index in [-0.39, 0.29) is 58.6 Å². The normalized spacial score (nSPS) is 19.2. The van der Waals surface area contributed by atoms with E-state index in [1.165, 1.54) is 12.5 Å². The van der Waals surface area contributed by atoms with Gasteiger partial charge in [0.2, 0.25) is 11.8 Å². The van der Waals surface area contributed by atoms with E-state index in [1.807, 2.05) is 88.5 Å². The third kappa shape index (κ3) is 11.5. The van der Waals surface area contributed by atoms with Crippen LogP contribution in [0.4, 0.5) is 17.5 Å². The van der Waals surface area contributed by atoms with Crippen LogP contribution in [0.1, 0.15) is 98.7 Å². The van der Waals surface area contributed by atoms with E-state index in [1.54, 1.807) is 48.9 Å². The number of hydrogen-bond acceptors (Lipinski definition) is 15. The van der Waals surface area contributed by atoms with Crippen molar-refractivity contribution in [2.75, 3.05) is 56.6 Å². The molecule has 3 fully saturated rings. The molecule has 3 aromatic heterocycles. The smallest absolute Gasteiger partial charge is 0.274 e. The van der Waals surface area contributed by atoms with Crippen molar-refractivity contribution in [2.24, 2.45) is 5.92 Å². The molecular formula is C55H69N13O6S. The first-order valence-corrected chi connectivity index (χ1v) is 27.4. The van der Waals surface area contributed by atoms with Gasteiger partial charge in [0.25, 0.3) is 5.91 Å². The Labute approximate surface area is 439 Å². The van der Waals surface area contributed by atoms with Gasteiger partial charge in [-0.15, -0.1) is 0 Å². The minimum atomic E-state index is -3.87. The van der Waals surface area contributed by atoms with Crippen LogP contribution in [0, 0.1) is 19.8 Å². The summed E-state index contributed by atoms with van der Waals surface area (Å²) in [5, 5.41) is 21.0. The molecule has 3 aromatic carbocycles. The average Bonchev–Trinajstić information content (AvgIpc) is 3.99. The molecule has 396 valence electrons. The molecule has 9 rings (SSSR count). The summed E-state index contributed by atoms with van der Waals surface area (Å²) in [5.74, 6) is 1.30. The number of rotatable bonds is 16. The van der Waals surface area contributed by atoms with Gasteiger partial charge in [-0.25, -0.2) is 28.4 Å². The lowest BCUT2D eigenvalue weighted by atomic mass is 9.98. The van der Waals surface area contributed by atoms with Gasteiger partial charge in [-0.05, 0) is 104 Å². The Kier molecular flexibility index (Phi) is 15.8. The first-order valence-electron chi connectivity index (χ1n) is 25.9. The zero-order valence-electron chi connectivity index (χ0n) is 43.8. The lowest BCUT2D eigenvalue weighted by molar-refractivity contribution is -0.143. The number of benzene rings is 3. The number of aromatic amines is 1. The van der Waals surface area contributed by atoms with Gasteiger partial charge in [0, 0.05) is 67.5 Å². The Balaban J connectivity index is 0.846. The zero-order chi connectivity index (χ0) is 53.0. The SMILES string of the molecule is CN[C@@H](C)CN[C@H]1CN(C(=O)c2cnc(N3CCC(COc4cc5ncnc(Nc6n[nH]c(C)c6C)c5cc4S(=O)(=O)C(C)(C)C)CC3)cn2)CC[C@H]2CC[C@@H](C(=O)NC(c3ccccc3)c3ccccc3)N2C1=O. The molecule has 0 saturated carbocycles. The maximum Gasteiger partial charge on any atom is 0.274 e. The third-order valence-electron chi connectivity index (χ3n) is 15.1. The lowest BCUT2D eigenvalue weighted by Crippen LogP contribution is -2.61. The van der Waals surface area contributed by atoms with Crippen LogP contribution in [0.15, 0.2) is 96.4 Å². The molecule has 3 saturated heterocycles. The molecule has 0 spiro atoms. The molecule has 3 aliphatic rings. The number of nitrogens with zero attached hydrogens (tertiary/aromatic N) is 8. The number of carbonyl (C=O) groups excluding carboxylic acids is 3. The molecule has 0 unspecified atom stereocenters. The van der Waals surface area contributed by atoms with Crippen molar-refractivity contribution >= 4 is 55.9 Å². The van der Waals surface area contributed by atoms with Crippen LogP contribution in [-0.4, -0.2) is 141 Å². The van der Waals surface area contributed by atoms with Crippen LogP contribution in [0.25, 0.3) is 10.9 Å². The summed E-state index contributed by atoms with van der Waals surface area (Å²) >= 11 is 0. The summed E-state index contributed by atoms with van der Waals surface area (Å²) in [6, 6.07) is 21.0. The lowest BCUT2D eigenvalue weighted by Gasteiger charge is -2.39. The first kappa shape index (κ1) is 52.8. The van der Waals surface area contributed by atoms with E-state index in [2.05, 4.69) is 51.3 Å². The molecule has 75 heavy (non-hydrogen) atoms. The minimum Gasteiger partial charge on any atom is -0.492 e. The van der Waals surface area contributed by atoms with E-state index in [0.717, 1.165) is 35.2 Å². The standard InChI is InChI=1S/C55H69N13O6S/c1-34(56-7)28-57-44-31-67(25-22-40-18-19-45(68(40)54(44)71)52(69)62-49(38-14-10-8-11-15-38)39-16-12-9-13-17-39)53(70)43-29-59-48(30-58-43)66-23-20-37(21-24-66)32-74-46-27-42-41(26-47(46)75(72,73)55(4,5)6)51(61-33-60-42)63-50-35(2)36(3)64-65-50/h8-17,26-27,29-30,33-34,37,40,44-45,49,56-57H,18-25,28,31-32H2,1-7H3,(H,62,69)(H2,60,61,63,64,65)/t34-,40+,44-,45-/m0/s1. The van der Waals surface area contributed by atoms with Crippen molar-refractivity contribution in [2.45, 2.75) is 113 Å². The summed E-state index contributed by atoms with van der Waals surface area (Å²) in [4.78, 5) is 67.3. The number of ether oxygens (including phenoxy) is 1. The fourth-order valence-electron chi connectivity index (χ4n) is 10.1. The van der Waals surface area contributed by atoms with Crippen molar-refractivity contribution in [3.8, 4) is 5.75 Å². The molecule has 20 heteroatoms. The molecule has 0 bridgehead atoms. The summed E-state index contributed by atoms with van der Waals surface area (Å²) in [6.07, 6.45) is 7.72. The Bertz CT molecular complexity index is 3050. The van der Waals surface area contributed by atoms with E-state index >= 15 is 0 Å². The average molecular weight is 1040 g/mol. The number of carbonyl (C=O) groups is 3. The number of nitrogens with one attached hydrogen (secondary N) is 5. The molecule has 0 radical (unpaired) electrons. The molecule has 4 atom stereocenters. The Morgan fingerprint density at radius 1 is 0.867 bits per heavy atom. The van der Waals surface area contributed by atoms with Crippen LogP contribution in [0.3, 0.4) is 0 Å². The highest BCUT2D eigenvalue weighted by molar-refractivity contribution is 7.92. The second kappa shape index (κ2) is 22.4. The van der Waals surface area contributed by atoms with Gasteiger partial charge in [0.15, 0.2) is 15.7 Å². The molecular weight excluding hydrogens is 971 g/mol. The van der Waals surface area contributed by atoms with E-state index in [0.29, 0.717) is 80.4 Å². The molecule has 6 heterocycles. The zero-order valence-corrected chi connectivity index (χ0v) is 44.7. The second-order valence-corrected chi connectivity index (χ2v) is 23.7. The molecule has 3 amide bonds. The summed E-state index contributed by atoms with van der Waals surface area (Å²) < 4.78 is 33.5. The third-order valence-corrected chi connectivity index (χ3v) is 17.6. The Hall–Kier alpha value is -7.03. The van der Waals surface area contributed by atoms with Gasteiger partial charge in [0.1, 0.15) is 46.4 Å². The predicted molar refractivity (Wildman–Crippen MR) is 288 cm³/mol. The van der Waals surface area contributed by atoms with Crippen LogP contribution < -0.4 is 30.9 Å². The molecule has 0 aliphatic carbocycles. The number of anilines is 3. The molecule has 3 aliphatic heterocycles. The number of hydrogen-bond donors (Lipinski definition) is 5. The largest absolute Gasteiger partial charge is 0.492 e. The number of sulfone groups is 1. The van der Waals surface area contributed by atoms with Gasteiger partial charge in [-0.2, -0.15) is 5.10 Å². The highest BCUT2D eigenvalue weighted by Crippen LogP contribution is 2.38. The van der Waals surface area contributed by atoms with E-state index in [4.69, 9.17) is 9.72 Å². The number of likely N-dealkylation sites (N-methyl/N-ethyl adjacent to an activating group) is 1. The van der Waals surface area contributed by atoms with Crippen LogP contribution in [-0.2, 0) is 19.4 Å². The van der Waals surface area contributed by atoms with Crippen molar-refractivity contribution in [3.05, 3.63) is 120 Å². The number of fused-ring (bicyclic) bond motifs is 2. The van der Waals surface area contributed by atoms with Crippen LogP contribution in [0.2, 0.25) is 0 Å². The number of amides is 3. The fourth-order valence-corrected chi connectivity index (χ4v) is 11.4. The van der Waals surface area contributed by atoms with Gasteiger partial charge >= 0.3 is 0 Å².